The van der Waals surface area contributed by atoms with Crippen molar-refractivity contribution in [2.24, 2.45) is 5.92 Å². The molecule has 0 unspecified atom stereocenters. The van der Waals surface area contributed by atoms with Gasteiger partial charge in [0.05, 0.1) is 22.0 Å². The van der Waals surface area contributed by atoms with E-state index >= 15 is 0 Å². The molecule has 0 saturated carbocycles. The van der Waals surface area contributed by atoms with Crippen molar-refractivity contribution < 1.29 is 9.59 Å². The van der Waals surface area contributed by atoms with Gasteiger partial charge in [-0.05, 0) is 31.9 Å². The monoisotopic (exact) mass is 294 g/mol. The van der Waals surface area contributed by atoms with Crippen LogP contribution in [-0.2, 0) is 4.79 Å². The third kappa shape index (κ3) is 2.66. The van der Waals surface area contributed by atoms with Crippen molar-refractivity contribution in [2.75, 3.05) is 16.8 Å². The average molecular weight is 295 g/mol. The highest BCUT2D eigenvalue weighted by molar-refractivity contribution is 6.52. The number of halogens is 1. The standard InChI is InChI=1S/C15H19ClN2O2/c1-8(2)7-18(9(3)4)13-6-12-10(5-11(13)16)14(19)15(20)17-12/h5-6,8-9H,7H2,1-4H3,(H,17,19,20). The molecular formula is C15H19ClN2O2. The molecule has 4 nitrogen and oxygen atoms in total. The zero-order valence-electron chi connectivity index (χ0n) is 12.2. The predicted octanol–water partition coefficient (Wildman–Crippen LogP) is 3.35. The van der Waals surface area contributed by atoms with Crippen molar-refractivity contribution in [1.29, 1.82) is 0 Å². The minimum Gasteiger partial charge on any atom is -0.368 e. The van der Waals surface area contributed by atoms with Crippen LogP contribution in [0.15, 0.2) is 12.1 Å². The normalized spacial score (nSPS) is 13.9. The number of amides is 1. The SMILES string of the molecule is CC(C)CN(c1cc2c(cc1Cl)C(=O)C(=O)N2)C(C)C. The fourth-order valence-corrected chi connectivity index (χ4v) is 2.63. The number of benzene rings is 1. The number of fused-ring (bicyclic) bond motifs is 1. The van der Waals surface area contributed by atoms with Gasteiger partial charge in [-0.15, -0.1) is 0 Å². The molecule has 1 aromatic rings. The van der Waals surface area contributed by atoms with Gasteiger partial charge in [0.1, 0.15) is 0 Å². The highest BCUT2D eigenvalue weighted by Gasteiger charge is 2.30. The fraction of sp³-hybridized carbons (Fsp3) is 0.467. The Hall–Kier alpha value is -1.55. The van der Waals surface area contributed by atoms with E-state index in [9.17, 15) is 9.59 Å². The molecule has 1 heterocycles. The Kier molecular flexibility index (Phi) is 4.04. The zero-order chi connectivity index (χ0) is 15.0. The third-order valence-electron chi connectivity index (χ3n) is 3.28. The third-order valence-corrected chi connectivity index (χ3v) is 3.58. The molecule has 1 aromatic carbocycles. The summed E-state index contributed by atoms with van der Waals surface area (Å²) >= 11 is 6.31. The van der Waals surface area contributed by atoms with Gasteiger partial charge in [-0.3, -0.25) is 9.59 Å². The summed E-state index contributed by atoms with van der Waals surface area (Å²) in [6, 6.07) is 3.66. The van der Waals surface area contributed by atoms with Gasteiger partial charge in [-0.2, -0.15) is 0 Å². The summed E-state index contributed by atoms with van der Waals surface area (Å²) < 4.78 is 0. The quantitative estimate of drug-likeness (QED) is 0.867. The predicted molar refractivity (Wildman–Crippen MR) is 81.7 cm³/mol. The molecule has 0 radical (unpaired) electrons. The Balaban J connectivity index is 2.45. The van der Waals surface area contributed by atoms with Crippen molar-refractivity contribution in [1.82, 2.24) is 0 Å². The first-order chi connectivity index (χ1) is 9.31. The van der Waals surface area contributed by atoms with E-state index in [0.717, 1.165) is 12.2 Å². The topological polar surface area (TPSA) is 49.4 Å². The van der Waals surface area contributed by atoms with Crippen molar-refractivity contribution >= 4 is 34.7 Å². The fourth-order valence-electron chi connectivity index (χ4n) is 2.36. The van der Waals surface area contributed by atoms with Gasteiger partial charge in [0.25, 0.3) is 11.7 Å². The lowest BCUT2D eigenvalue weighted by Crippen LogP contribution is -2.34. The summed E-state index contributed by atoms with van der Waals surface area (Å²) in [7, 11) is 0. The molecule has 20 heavy (non-hydrogen) atoms. The van der Waals surface area contributed by atoms with Crippen LogP contribution in [0.4, 0.5) is 11.4 Å². The zero-order valence-corrected chi connectivity index (χ0v) is 12.9. The van der Waals surface area contributed by atoms with Crippen LogP contribution in [0.5, 0.6) is 0 Å². The van der Waals surface area contributed by atoms with Crippen LogP contribution < -0.4 is 10.2 Å². The average Bonchev–Trinajstić information content (AvgIpc) is 2.61. The van der Waals surface area contributed by atoms with E-state index in [2.05, 4.69) is 37.9 Å². The Bertz CT molecular complexity index is 567. The van der Waals surface area contributed by atoms with Crippen LogP contribution in [0.2, 0.25) is 5.02 Å². The molecule has 0 fully saturated rings. The van der Waals surface area contributed by atoms with Gasteiger partial charge in [0, 0.05) is 12.6 Å². The summed E-state index contributed by atoms with van der Waals surface area (Å²) in [4.78, 5) is 25.3. The first-order valence-corrected chi connectivity index (χ1v) is 7.15. The molecule has 108 valence electrons. The second-order valence-electron chi connectivity index (χ2n) is 5.77. The molecule has 1 amide bonds. The van der Waals surface area contributed by atoms with Crippen LogP contribution in [0.1, 0.15) is 38.1 Å². The Morgan fingerprint density at radius 2 is 1.85 bits per heavy atom. The van der Waals surface area contributed by atoms with Crippen molar-refractivity contribution in [3.8, 4) is 0 Å². The number of carbonyl (C=O) groups excluding carboxylic acids is 2. The molecule has 0 bridgehead atoms. The molecule has 0 atom stereocenters. The number of nitrogens with zero attached hydrogens (tertiary/aromatic N) is 1. The first-order valence-electron chi connectivity index (χ1n) is 6.77. The molecular weight excluding hydrogens is 276 g/mol. The Morgan fingerprint density at radius 1 is 1.20 bits per heavy atom. The molecule has 2 rings (SSSR count). The van der Waals surface area contributed by atoms with Gasteiger partial charge < -0.3 is 10.2 Å². The van der Waals surface area contributed by atoms with Crippen LogP contribution >= 0.6 is 11.6 Å². The van der Waals surface area contributed by atoms with E-state index in [1.165, 1.54) is 0 Å². The van der Waals surface area contributed by atoms with Gasteiger partial charge in [-0.1, -0.05) is 25.4 Å². The largest absolute Gasteiger partial charge is 0.368 e. The molecule has 0 aromatic heterocycles. The van der Waals surface area contributed by atoms with Crippen LogP contribution in [0, 0.1) is 5.92 Å². The highest BCUT2D eigenvalue weighted by atomic mass is 35.5. The first kappa shape index (κ1) is 14.9. The van der Waals surface area contributed by atoms with Crippen molar-refractivity contribution in [3.63, 3.8) is 0 Å². The number of hydrogen-bond donors (Lipinski definition) is 1. The van der Waals surface area contributed by atoms with Crippen molar-refractivity contribution in [3.05, 3.63) is 22.7 Å². The van der Waals surface area contributed by atoms with E-state index in [4.69, 9.17) is 11.6 Å². The van der Waals surface area contributed by atoms with E-state index in [1.54, 1.807) is 12.1 Å². The van der Waals surface area contributed by atoms with E-state index < -0.39 is 11.7 Å². The minimum absolute atomic E-state index is 0.278. The molecule has 1 aliphatic heterocycles. The highest BCUT2D eigenvalue weighted by Crippen LogP contribution is 2.36. The lowest BCUT2D eigenvalue weighted by Gasteiger charge is -2.31. The van der Waals surface area contributed by atoms with Gasteiger partial charge in [0.15, 0.2) is 0 Å². The second-order valence-corrected chi connectivity index (χ2v) is 6.18. The van der Waals surface area contributed by atoms with E-state index in [-0.39, 0.29) is 6.04 Å². The summed E-state index contributed by atoms with van der Waals surface area (Å²) in [6.45, 7) is 9.33. The second kappa shape index (κ2) is 5.44. The van der Waals surface area contributed by atoms with E-state index in [1.807, 2.05) is 0 Å². The maximum Gasteiger partial charge on any atom is 0.296 e. The Labute approximate surface area is 124 Å². The van der Waals surface area contributed by atoms with Crippen molar-refractivity contribution in [2.45, 2.75) is 33.7 Å². The number of hydrogen-bond acceptors (Lipinski definition) is 3. The van der Waals surface area contributed by atoms with Crippen LogP contribution in [-0.4, -0.2) is 24.3 Å². The van der Waals surface area contributed by atoms with Gasteiger partial charge in [-0.25, -0.2) is 0 Å². The molecule has 0 spiro atoms. The smallest absolute Gasteiger partial charge is 0.296 e. The number of anilines is 2. The number of Topliss-reactive ketones (excluding diaryl/α,β-unsaturated/α-hetero) is 1. The van der Waals surface area contributed by atoms with Crippen LogP contribution in [0.25, 0.3) is 0 Å². The summed E-state index contributed by atoms with van der Waals surface area (Å²) in [6.07, 6.45) is 0. The number of carbonyl (C=O) groups is 2. The van der Waals surface area contributed by atoms with Gasteiger partial charge in [0.2, 0.25) is 0 Å². The molecule has 1 N–H and O–H groups in total. The number of rotatable bonds is 4. The minimum atomic E-state index is -0.590. The molecule has 5 heteroatoms. The maximum atomic E-state index is 11.7. The Morgan fingerprint density at radius 3 is 2.40 bits per heavy atom. The maximum absolute atomic E-state index is 11.7. The summed E-state index contributed by atoms with van der Waals surface area (Å²) in [5.74, 6) is -0.625. The van der Waals surface area contributed by atoms with E-state index in [0.29, 0.717) is 22.2 Å². The molecule has 0 saturated heterocycles. The lowest BCUT2D eigenvalue weighted by molar-refractivity contribution is -0.112. The molecule has 0 aliphatic carbocycles. The number of ketones is 1. The summed E-state index contributed by atoms with van der Waals surface area (Å²) in [5.41, 5.74) is 1.76. The van der Waals surface area contributed by atoms with Gasteiger partial charge >= 0.3 is 0 Å². The summed E-state index contributed by atoms with van der Waals surface area (Å²) in [5, 5.41) is 3.09. The number of nitrogens with one attached hydrogen (secondary N) is 1. The molecule has 1 aliphatic rings. The lowest BCUT2D eigenvalue weighted by atomic mass is 10.1. The van der Waals surface area contributed by atoms with Crippen LogP contribution in [0.3, 0.4) is 0 Å².